The largest absolute Gasteiger partial charge is 0.492 e. The van der Waals surface area contributed by atoms with E-state index in [1.807, 2.05) is 18.2 Å². The number of halogens is 1. The molecule has 0 bridgehead atoms. The van der Waals surface area contributed by atoms with Crippen molar-refractivity contribution < 1.29 is 18.9 Å². The summed E-state index contributed by atoms with van der Waals surface area (Å²) in [4.78, 5) is 2.23. The van der Waals surface area contributed by atoms with Crippen molar-refractivity contribution in [2.24, 2.45) is 0 Å². The molecule has 1 atom stereocenters. The van der Waals surface area contributed by atoms with Crippen LogP contribution in [0.4, 0.5) is 0 Å². The van der Waals surface area contributed by atoms with Crippen LogP contribution in [0.3, 0.4) is 0 Å². The molecule has 2 aliphatic heterocycles. The van der Waals surface area contributed by atoms with Crippen LogP contribution in [0.5, 0.6) is 23.0 Å². The number of methoxy groups -OCH3 is 1. The van der Waals surface area contributed by atoms with E-state index in [1.54, 1.807) is 7.11 Å². The Hall–Kier alpha value is -2.88. The summed E-state index contributed by atoms with van der Waals surface area (Å²) in [6, 6.07) is 14.2. The SMILES string of the molecule is COc1c2c(cc3c1C(C#CCOc1ccc4ccccc4c1Br)N(C)CC3)OCO2. The Morgan fingerprint density at radius 3 is 2.94 bits per heavy atom. The minimum atomic E-state index is -0.100. The summed E-state index contributed by atoms with van der Waals surface area (Å²) in [6.45, 7) is 1.42. The molecule has 31 heavy (non-hydrogen) atoms. The van der Waals surface area contributed by atoms with Crippen LogP contribution in [-0.2, 0) is 6.42 Å². The summed E-state index contributed by atoms with van der Waals surface area (Å²) >= 11 is 3.67. The van der Waals surface area contributed by atoms with Gasteiger partial charge in [-0.3, -0.25) is 4.90 Å². The number of fused-ring (bicyclic) bond motifs is 3. The van der Waals surface area contributed by atoms with Gasteiger partial charge in [-0.1, -0.05) is 42.2 Å². The zero-order valence-electron chi connectivity index (χ0n) is 17.4. The number of likely N-dealkylation sites (N-methyl/N-ethyl adjacent to an activating group) is 1. The molecule has 0 aromatic heterocycles. The monoisotopic (exact) mass is 479 g/mol. The van der Waals surface area contributed by atoms with Gasteiger partial charge in [0.25, 0.3) is 0 Å². The van der Waals surface area contributed by atoms with E-state index in [4.69, 9.17) is 18.9 Å². The third-order valence-corrected chi connectivity index (χ3v) is 6.58. The van der Waals surface area contributed by atoms with Crippen LogP contribution < -0.4 is 18.9 Å². The predicted molar refractivity (Wildman–Crippen MR) is 123 cm³/mol. The molecule has 5 rings (SSSR count). The molecule has 2 aliphatic rings. The highest BCUT2D eigenvalue weighted by molar-refractivity contribution is 9.10. The van der Waals surface area contributed by atoms with Crippen molar-refractivity contribution in [3.05, 3.63) is 58.1 Å². The summed E-state index contributed by atoms with van der Waals surface area (Å²) in [7, 11) is 3.74. The molecule has 158 valence electrons. The van der Waals surface area contributed by atoms with Gasteiger partial charge in [0.05, 0.1) is 11.6 Å². The smallest absolute Gasteiger partial charge is 0.231 e. The van der Waals surface area contributed by atoms with Crippen molar-refractivity contribution in [1.29, 1.82) is 0 Å². The summed E-state index contributed by atoms with van der Waals surface area (Å²) in [5.74, 6) is 9.50. The molecule has 3 aromatic rings. The van der Waals surface area contributed by atoms with Crippen molar-refractivity contribution in [3.63, 3.8) is 0 Å². The Morgan fingerprint density at radius 1 is 1.19 bits per heavy atom. The predicted octanol–water partition coefficient (Wildman–Crippen LogP) is 4.95. The highest BCUT2D eigenvalue weighted by Crippen LogP contribution is 2.49. The second kappa shape index (κ2) is 8.33. The van der Waals surface area contributed by atoms with Crippen molar-refractivity contribution in [3.8, 4) is 34.8 Å². The molecule has 2 heterocycles. The third-order valence-electron chi connectivity index (χ3n) is 5.76. The number of ether oxygens (including phenoxy) is 4. The number of rotatable bonds is 3. The molecular formula is C25H22BrNO4. The lowest BCUT2D eigenvalue weighted by Gasteiger charge is -2.32. The highest BCUT2D eigenvalue weighted by Gasteiger charge is 2.33. The Bertz CT molecular complexity index is 1210. The van der Waals surface area contributed by atoms with Gasteiger partial charge in [0.15, 0.2) is 11.5 Å². The van der Waals surface area contributed by atoms with Crippen LogP contribution in [0.2, 0.25) is 0 Å². The van der Waals surface area contributed by atoms with Crippen molar-refractivity contribution in [2.45, 2.75) is 12.5 Å². The molecular weight excluding hydrogens is 458 g/mol. The summed E-state index contributed by atoms with van der Waals surface area (Å²) in [6.07, 6.45) is 0.914. The number of benzene rings is 3. The van der Waals surface area contributed by atoms with Crippen LogP contribution in [-0.4, -0.2) is 39.0 Å². The van der Waals surface area contributed by atoms with Crippen LogP contribution >= 0.6 is 15.9 Å². The molecule has 0 saturated carbocycles. The Morgan fingerprint density at radius 2 is 2.06 bits per heavy atom. The molecule has 3 aromatic carbocycles. The zero-order chi connectivity index (χ0) is 21.4. The standard InChI is InChI=1S/C25H22BrNO4/c1-27-12-11-17-14-21-24(31-15-30-21)25(28-2)22(17)19(27)8-5-13-29-20-10-9-16-6-3-4-7-18(16)23(20)26/h3-4,6-7,9-10,14,19H,11-13,15H2,1-2H3. The molecule has 5 nitrogen and oxygen atoms in total. The maximum atomic E-state index is 5.97. The van der Waals surface area contributed by atoms with E-state index in [1.165, 1.54) is 10.9 Å². The molecule has 0 spiro atoms. The first kappa shape index (κ1) is 20.0. The summed E-state index contributed by atoms with van der Waals surface area (Å²) < 4.78 is 23.9. The molecule has 0 saturated heterocycles. The quantitative estimate of drug-likeness (QED) is 0.497. The maximum Gasteiger partial charge on any atom is 0.231 e. The number of hydrogen-bond acceptors (Lipinski definition) is 5. The van der Waals surface area contributed by atoms with Gasteiger partial charge in [-0.2, -0.15) is 0 Å². The molecule has 0 aliphatic carbocycles. The lowest BCUT2D eigenvalue weighted by Crippen LogP contribution is -2.31. The van der Waals surface area contributed by atoms with Gasteiger partial charge in [0.2, 0.25) is 12.5 Å². The maximum absolute atomic E-state index is 5.97. The normalized spacial score (nSPS) is 17.1. The molecule has 1 unspecified atom stereocenters. The molecule has 0 amide bonds. The van der Waals surface area contributed by atoms with Crippen LogP contribution in [0.1, 0.15) is 17.2 Å². The van der Waals surface area contributed by atoms with Crippen molar-refractivity contribution >= 4 is 26.7 Å². The van der Waals surface area contributed by atoms with E-state index in [2.05, 4.69) is 64.0 Å². The second-order valence-electron chi connectivity index (χ2n) is 7.56. The fourth-order valence-electron chi connectivity index (χ4n) is 4.19. The zero-order valence-corrected chi connectivity index (χ0v) is 19.0. The molecule has 0 fully saturated rings. The van der Waals surface area contributed by atoms with Gasteiger partial charge in [-0.25, -0.2) is 0 Å². The van der Waals surface area contributed by atoms with Gasteiger partial charge in [-0.15, -0.1) is 0 Å². The first-order valence-electron chi connectivity index (χ1n) is 10.2. The average Bonchev–Trinajstić information content (AvgIpc) is 3.26. The molecule has 0 N–H and O–H groups in total. The minimum Gasteiger partial charge on any atom is -0.492 e. The Balaban J connectivity index is 1.40. The van der Waals surface area contributed by atoms with E-state index >= 15 is 0 Å². The van der Waals surface area contributed by atoms with E-state index < -0.39 is 0 Å². The summed E-state index contributed by atoms with van der Waals surface area (Å²) in [5.41, 5.74) is 2.25. The fourth-order valence-corrected chi connectivity index (χ4v) is 4.80. The minimum absolute atomic E-state index is 0.100. The summed E-state index contributed by atoms with van der Waals surface area (Å²) in [5, 5.41) is 2.29. The van der Waals surface area contributed by atoms with Gasteiger partial charge < -0.3 is 18.9 Å². The van der Waals surface area contributed by atoms with Crippen LogP contribution in [0.15, 0.2) is 46.9 Å². The van der Waals surface area contributed by atoms with Gasteiger partial charge in [0, 0.05) is 12.1 Å². The highest BCUT2D eigenvalue weighted by atomic mass is 79.9. The first-order chi connectivity index (χ1) is 15.2. The second-order valence-corrected chi connectivity index (χ2v) is 8.35. The van der Waals surface area contributed by atoms with Crippen molar-refractivity contribution in [2.75, 3.05) is 34.1 Å². The average molecular weight is 480 g/mol. The third kappa shape index (κ3) is 3.58. The van der Waals surface area contributed by atoms with E-state index in [9.17, 15) is 0 Å². The van der Waals surface area contributed by atoms with E-state index in [0.29, 0.717) is 18.1 Å². The lowest BCUT2D eigenvalue weighted by atomic mass is 9.91. The fraction of sp³-hybridized carbons (Fsp3) is 0.280. The Kier molecular flexibility index (Phi) is 5.39. The first-order valence-corrected chi connectivity index (χ1v) is 10.9. The van der Waals surface area contributed by atoms with Gasteiger partial charge in [0.1, 0.15) is 18.4 Å². The Labute approximate surface area is 190 Å². The van der Waals surface area contributed by atoms with Crippen molar-refractivity contribution in [1.82, 2.24) is 4.90 Å². The van der Waals surface area contributed by atoms with E-state index in [0.717, 1.165) is 39.9 Å². The van der Waals surface area contributed by atoms with Gasteiger partial charge >= 0.3 is 0 Å². The number of hydrogen-bond donors (Lipinski definition) is 0. The molecule has 0 radical (unpaired) electrons. The topological polar surface area (TPSA) is 40.2 Å². The number of nitrogens with zero attached hydrogens (tertiary/aromatic N) is 1. The van der Waals surface area contributed by atoms with Gasteiger partial charge in [-0.05, 0) is 57.9 Å². The van der Waals surface area contributed by atoms with Crippen LogP contribution in [0, 0.1) is 11.8 Å². The lowest BCUT2D eigenvalue weighted by molar-refractivity contribution is 0.171. The van der Waals surface area contributed by atoms with E-state index in [-0.39, 0.29) is 12.8 Å². The van der Waals surface area contributed by atoms with Crippen LogP contribution in [0.25, 0.3) is 10.8 Å². The molecule has 6 heteroatoms.